The molecule has 4 aromatic rings. The zero-order chi connectivity index (χ0) is 22.8. The Bertz CT molecular complexity index is 1320. The number of aromatic nitrogens is 2. The highest BCUT2D eigenvalue weighted by atomic mass is 32.1. The van der Waals surface area contributed by atoms with E-state index in [1.807, 2.05) is 54.9 Å². The van der Waals surface area contributed by atoms with Crippen LogP contribution in [0.3, 0.4) is 0 Å². The van der Waals surface area contributed by atoms with Gasteiger partial charge in [-0.2, -0.15) is 0 Å². The minimum atomic E-state index is -0.0754. The summed E-state index contributed by atoms with van der Waals surface area (Å²) in [7, 11) is 0. The number of hydrogen-bond acceptors (Lipinski definition) is 4. The largest absolute Gasteiger partial charge is 0.322 e. The molecule has 0 saturated heterocycles. The van der Waals surface area contributed by atoms with E-state index in [-0.39, 0.29) is 5.91 Å². The van der Waals surface area contributed by atoms with Crippen molar-refractivity contribution in [1.29, 1.82) is 0 Å². The molecular formula is C27H26N4OS. The third-order valence-corrected chi connectivity index (χ3v) is 7.31. The van der Waals surface area contributed by atoms with E-state index < -0.39 is 0 Å². The SMILES string of the molecule is Cc1cc(C=Nc2sc3c(c2C(=O)Nc2ccccc2)CCCC3)c(C)n1-c1cccnc1. The molecule has 0 atom stereocenters. The number of carbonyl (C=O) groups is 1. The maximum absolute atomic E-state index is 13.3. The monoisotopic (exact) mass is 454 g/mol. The number of carbonyl (C=O) groups excluding carboxylic acids is 1. The molecule has 3 heterocycles. The molecule has 1 N–H and O–H groups in total. The fourth-order valence-electron chi connectivity index (χ4n) is 4.52. The Labute approximate surface area is 197 Å². The Kier molecular flexibility index (Phi) is 5.92. The number of aryl methyl sites for hydroxylation is 2. The van der Waals surface area contributed by atoms with Gasteiger partial charge in [0.2, 0.25) is 0 Å². The second-order valence-corrected chi connectivity index (χ2v) is 9.43. The van der Waals surface area contributed by atoms with Gasteiger partial charge >= 0.3 is 0 Å². The van der Waals surface area contributed by atoms with Gasteiger partial charge in [-0.05, 0) is 75.4 Å². The standard InChI is InChI=1S/C27H26N4OS/c1-18-15-20(19(2)31(18)22-11-8-14-28-17-22)16-29-27-25(23-12-6-7-13-24(23)33-27)26(32)30-21-9-4-3-5-10-21/h3-5,8-11,14-17H,6-7,12-13H2,1-2H3,(H,30,32). The smallest absolute Gasteiger partial charge is 0.259 e. The molecule has 0 spiro atoms. The van der Waals surface area contributed by atoms with Crippen LogP contribution in [-0.4, -0.2) is 21.7 Å². The first-order valence-electron chi connectivity index (χ1n) is 11.3. The van der Waals surface area contributed by atoms with Crippen molar-refractivity contribution in [2.75, 3.05) is 5.32 Å². The molecule has 5 nitrogen and oxygen atoms in total. The molecule has 6 heteroatoms. The van der Waals surface area contributed by atoms with Gasteiger partial charge in [-0.3, -0.25) is 9.78 Å². The van der Waals surface area contributed by atoms with E-state index in [1.165, 1.54) is 16.9 Å². The first kappa shape index (κ1) is 21.3. The van der Waals surface area contributed by atoms with Crippen molar-refractivity contribution in [3.8, 4) is 5.69 Å². The Hall–Kier alpha value is -3.51. The van der Waals surface area contributed by atoms with Gasteiger partial charge in [0.1, 0.15) is 5.00 Å². The second-order valence-electron chi connectivity index (χ2n) is 8.34. The Morgan fingerprint density at radius 2 is 1.94 bits per heavy atom. The number of amides is 1. The lowest BCUT2D eigenvalue weighted by Crippen LogP contribution is -2.14. The molecule has 166 valence electrons. The number of hydrogen-bond donors (Lipinski definition) is 1. The molecule has 3 aromatic heterocycles. The minimum absolute atomic E-state index is 0.0754. The summed E-state index contributed by atoms with van der Waals surface area (Å²) in [5.41, 5.74) is 6.99. The summed E-state index contributed by atoms with van der Waals surface area (Å²) in [6.07, 6.45) is 9.78. The van der Waals surface area contributed by atoms with Crippen LogP contribution in [0.25, 0.3) is 5.69 Å². The van der Waals surface area contributed by atoms with E-state index in [4.69, 9.17) is 4.99 Å². The fourth-order valence-corrected chi connectivity index (χ4v) is 5.75. The van der Waals surface area contributed by atoms with E-state index in [0.29, 0.717) is 0 Å². The molecule has 1 amide bonds. The number of pyridine rings is 1. The van der Waals surface area contributed by atoms with Gasteiger partial charge in [-0.1, -0.05) is 18.2 Å². The maximum Gasteiger partial charge on any atom is 0.259 e. The van der Waals surface area contributed by atoms with Crippen molar-refractivity contribution >= 4 is 34.1 Å². The summed E-state index contributed by atoms with van der Waals surface area (Å²) >= 11 is 1.66. The van der Waals surface area contributed by atoms with E-state index in [9.17, 15) is 4.79 Å². The lowest BCUT2D eigenvalue weighted by molar-refractivity contribution is 0.102. The summed E-state index contributed by atoms with van der Waals surface area (Å²) < 4.78 is 2.18. The molecule has 0 saturated carbocycles. The average molecular weight is 455 g/mol. The normalized spacial score (nSPS) is 13.3. The third-order valence-electron chi connectivity index (χ3n) is 6.11. The van der Waals surface area contributed by atoms with E-state index >= 15 is 0 Å². The number of benzene rings is 1. The number of aliphatic imine (C=N–C) groups is 1. The van der Waals surface area contributed by atoms with Crippen molar-refractivity contribution < 1.29 is 4.79 Å². The summed E-state index contributed by atoms with van der Waals surface area (Å²) in [6.45, 7) is 4.17. The number of rotatable bonds is 5. The summed E-state index contributed by atoms with van der Waals surface area (Å²) in [5.74, 6) is -0.0754. The van der Waals surface area contributed by atoms with Crippen molar-refractivity contribution in [2.24, 2.45) is 4.99 Å². The van der Waals surface area contributed by atoms with Gasteiger partial charge in [-0.25, -0.2) is 4.99 Å². The fraction of sp³-hybridized carbons (Fsp3) is 0.222. The van der Waals surface area contributed by atoms with Crippen LogP contribution in [0.15, 0.2) is 65.9 Å². The van der Waals surface area contributed by atoms with Gasteiger partial charge in [-0.15, -0.1) is 11.3 Å². The molecule has 0 aliphatic heterocycles. The first-order chi connectivity index (χ1) is 16.1. The molecule has 0 radical (unpaired) electrons. The van der Waals surface area contributed by atoms with Gasteiger partial charge in [0.05, 0.1) is 17.4 Å². The van der Waals surface area contributed by atoms with Gasteiger partial charge in [0.15, 0.2) is 0 Å². The number of nitrogens with one attached hydrogen (secondary N) is 1. The van der Waals surface area contributed by atoms with Crippen LogP contribution < -0.4 is 5.32 Å². The zero-order valence-electron chi connectivity index (χ0n) is 18.8. The summed E-state index contributed by atoms with van der Waals surface area (Å²) in [6, 6.07) is 15.7. The second kappa shape index (κ2) is 9.16. The maximum atomic E-state index is 13.3. The minimum Gasteiger partial charge on any atom is -0.322 e. The summed E-state index contributed by atoms with van der Waals surface area (Å²) in [5, 5.41) is 3.85. The zero-order valence-corrected chi connectivity index (χ0v) is 19.7. The molecule has 33 heavy (non-hydrogen) atoms. The van der Waals surface area contributed by atoms with Crippen LogP contribution in [0.2, 0.25) is 0 Å². The van der Waals surface area contributed by atoms with E-state index in [2.05, 4.69) is 34.8 Å². The van der Waals surface area contributed by atoms with Crippen LogP contribution >= 0.6 is 11.3 Å². The molecule has 1 aromatic carbocycles. The van der Waals surface area contributed by atoms with Gasteiger partial charge in [0.25, 0.3) is 5.91 Å². The molecule has 5 rings (SSSR count). The van der Waals surface area contributed by atoms with Crippen LogP contribution in [-0.2, 0) is 12.8 Å². The molecule has 0 bridgehead atoms. The number of nitrogens with zero attached hydrogens (tertiary/aromatic N) is 3. The molecule has 0 fully saturated rings. The van der Waals surface area contributed by atoms with Crippen LogP contribution in [0.1, 0.15) is 50.6 Å². The molecule has 1 aliphatic rings. The van der Waals surface area contributed by atoms with E-state index in [1.54, 1.807) is 17.5 Å². The highest BCUT2D eigenvalue weighted by Crippen LogP contribution is 2.40. The number of thiophene rings is 1. The quantitative estimate of drug-likeness (QED) is 0.353. The molecule has 1 aliphatic carbocycles. The highest BCUT2D eigenvalue weighted by Gasteiger charge is 2.25. The highest BCUT2D eigenvalue weighted by molar-refractivity contribution is 7.16. The van der Waals surface area contributed by atoms with Crippen molar-refractivity contribution in [3.63, 3.8) is 0 Å². The van der Waals surface area contributed by atoms with E-state index in [0.717, 1.165) is 58.2 Å². The Balaban J connectivity index is 1.50. The number of fused-ring (bicyclic) bond motifs is 1. The first-order valence-corrected chi connectivity index (χ1v) is 12.1. The average Bonchev–Trinajstić information content (AvgIpc) is 3.35. The molecular weight excluding hydrogens is 428 g/mol. The van der Waals surface area contributed by atoms with Crippen LogP contribution in [0.4, 0.5) is 10.7 Å². The molecule has 0 unspecified atom stereocenters. The van der Waals surface area contributed by atoms with Crippen LogP contribution in [0, 0.1) is 13.8 Å². The number of anilines is 1. The van der Waals surface area contributed by atoms with Gasteiger partial charge < -0.3 is 9.88 Å². The van der Waals surface area contributed by atoms with Crippen LogP contribution in [0.5, 0.6) is 0 Å². The Morgan fingerprint density at radius 3 is 2.73 bits per heavy atom. The predicted molar refractivity (Wildman–Crippen MR) is 136 cm³/mol. The number of para-hydroxylation sites is 1. The summed E-state index contributed by atoms with van der Waals surface area (Å²) in [4.78, 5) is 23.7. The topological polar surface area (TPSA) is 59.3 Å². The van der Waals surface area contributed by atoms with Crippen molar-refractivity contribution in [2.45, 2.75) is 39.5 Å². The van der Waals surface area contributed by atoms with Crippen molar-refractivity contribution in [3.05, 3.63) is 93.9 Å². The Morgan fingerprint density at radius 1 is 1.12 bits per heavy atom. The lowest BCUT2D eigenvalue weighted by Gasteiger charge is -2.12. The van der Waals surface area contributed by atoms with Crippen molar-refractivity contribution in [1.82, 2.24) is 9.55 Å². The van der Waals surface area contributed by atoms with Gasteiger partial charge in [0, 0.05) is 39.9 Å². The lowest BCUT2D eigenvalue weighted by atomic mass is 9.95. The third kappa shape index (κ3) is 4.26. The predicted octanol–water partition coefficient (Wildman–Crippen LogP) is 6.43.